The van der Waals surface area contributed by atoms with Gasteiger partial charge in [0.1, 0.15) is 0 Å². The first kappa shape index (κ1) is 12.7. The van der Waals surface area contributed by atoms with Crippen LogP contribution in [0.25, 0.3) is 10.9 Å². The molecule has 2 atom stereocenters. The number of hydrogen-bond acceptors (Lipinski definition) is 2. The van der Waals surface area contributed by atoms with Gasteiger partial charge in [0.15, 0.2) is 0 Å². The van der Waals surface area contributed by atoms with E-state index in [0.29, 0.717) is 12.1 Å². The molecule has 3 rings (SSSR count). The topological polar surface area (TPSA) is 34.2 Å². The van der Waals surface area contributed by atoms with Gasteiger partial charge >= 0.3 is 0 Å². The summed E-state index contributed by atoms with van der Waals surface area (Å²) >= 11 is 0. The molecule has 2 N–H and O–H groups in total. The van der Waals surface area contributed by atoms with E-state index in [1.165, 1.54) is 35.7 Å². The summed E-state index contributed by atoms with van der Waals surface area (Å²) in [5.74, 6) is 0. The molecule has 0 amide bonds. The van der Waals surface area contributed by atoms with Gasteiger partial charge in [-0.2, -0.15) is 0 Å². The molecule has 1 aromatic carbocycles. The molecule has 2 aromatic rings. The Morgan fingerprint density at radius 2 is 2.11 bits per heavy atom. The lowest BCUT2D eigenvalue weighted by atomic mass is 10.1. The van der Waals surface area contributed by atoms with E-state index in [4.69, 9.17) is 5.73 Å². The van der Waals surface area contributed by atoms with Crippen LogP contribution in [0, 0.1) is 0 Å². The van der Waals surface area contributed by atoms with E-state index >= 15 is 0 Å². The van der Waals surface area contributed by atoms with Crippen molar-refractivity contribution in [3.63, 3.8) is 0 Å². The minimum absolute atomic E-state index is 0.347. The van der Waals surface area contributed by atoms with Crippen LogP contribution in [0.15, 0.2) is 30.5 Å². The van der Waals surface area contributed by atoms with Gasteiger partial charge in [0.05, 0.1) is 0 Å². The number of rotatable bonds is 3. The average Bonchev–Trinajstić information content (AvgIpc) is 2.95. The number of nitrogens with zero attached hydrogens (tertiary/aromatic N) is 2. The van der Waals surface area contributed by atoms with Gasteiger partial charge in [-0.05, 0) is 31.5 Å². The highest BCUT2D eigenvalue weighted by atomic mass is 15.2. The van der Waals surface area contributed by atoms with Crippen molar-refractivity contribution in [2.75, 3.05) is 7.05 Å². The second-order valence-corrected chi connectivity index (χ2v) is 5.86. The first-order valence-corrected chi connectivity index (χ1v) is 7.15. The normalized spacial score (nSPS) is 23.6. The van der Waals surface area contributed by atoms with Gasteiger partial charge in [0.2, 0.25) is 0 Å². The molecule has 3 nitrogen and oxygen atoms in total. The zero-order chi connectivity index (χ0) is 13.4. The second kappa shape index (κ2) is 4.99. The molecular formula is C16H23N3. The lowest BCUT2D eigenvalue weighted by Gasteiger charge is -2.27. The quantitative estimate of drug-likeness (QED) is 0.916. The molecule has 1 saturated carbocycles. The Balaban J connectivity index is 1.85. The largest absolute Gasteiger partial charge is 0.350 e. The lowest BCUT2D eigenvalue weighted by Crippen LogP contribution is -2.41. The standard InChI is InChI=1S/C16H23N3/c1-18-10-12(13-6-3-4-8-15(13)18)11-19(2)16-9-5-7-14(16)17/h3-4,6,8,10,14,16H,5,7,9,11,17H2,1-2H3. The van der Waals surface area contributed by atoms with Crippen LogP contribution < -0.4 is 5.73 Å². The van der Waals surface area contributed by atoms with Crippen molar-refractivity contribution in [1.82, 2.24) is 9.47 Å². The van der Waals surface area contributed by atoms with Crippen LogP contribution in [0.4, 0.5) is 0 Å². The Hall–Kier alpha value is -1.32. The number of likely N-dealkylation sites (N-methyl/N-ethyl adjacent to an activating group) is 1. The van der Waals surface area contributed by atoms with Crippen LogP contribution in [-0.2, 0) is 13.6 Å². The van der Waals surface area contributed by atoms with Gasteiger partial charge in [0, 0.05) is 42.8 Å². The highest BCUT2D eigenvalue weighted by molar-refractivity contribution is 5.83. The van der Waals surface area contributed by atoms with E-state index in [-0.39, 0.29) is 0 Å². The fourth-order valence-corrected chi connectivity index (χ4v) is 3.45. The van der Waals surface area contributed by atoms with Crippen LogP contribution in [0.3, 0.4) is 0 Å². The van der Waals surface area contributed by atoms with Crippen molar-refractivity contribution in [2.45, 2.75) is 37.9 Å². The van der Waals surface area contributed by atoms with Crippen molar-refractivity contribution in [2.24, 2.45) is 12.8 Å². The Morgan fingerprint density at radius 3 is 2.84 bits per heavy atom. The van der Waals surface area contributed by atoms with Crippen molar-refractivity contribution in [1.29, 1.82) is 0 Å². The van der Waals surface area contributed by atoms with Crippen LogP contribution in [0.2, 0.25) is 0 Å². The minimum Gasteiger partial charge on any atom is -0.350 e. The number of hydrogen-bond donors (Lipinski definition) is 1. The number of aromatic nitrogens is 1. The van der Waals surface area contributed by atoms with E-state index in [1.54, 1.807) is 0 Å². The fraction of sp³-hybridized carbons (Fsp3) is 0.500. The summed E-state index contributed by atoms with van der Waals surface area (Å²) in [5, 5.41) is 1.36. The molecule has 1 heterocycles. The molecular weight excluding hydrogens is 234 g/mol. The Kier molecular flexibility index (Phi) is 3.33. The summed E-state index contributed by atoms with van der Waals surface area (Å²) in [5.41, 5.74) is 8.91. The molecule has 0 saturated heterocycles. The maximum atomic E-state index is 6.20. The Labute approximate surface area is 115 Å². The summed E-state index contributed by atoms with van der Waals surface area (Å²) in [6.45, 7) is 0.986. The fourth-order valence-electron chi connectivity index (χ4n) is 3.45. The first-order valence-electron chi connectivity index (χ1n) is 7.15. The SMILES string of the molecule is CN(Cc1cn(C)c2ccccc12)C1CCCC1N. The highest BCUT2D eigenvalue weighted by Gasteiger charge is 2.27. The Bertz CT molecular complexity index is 572. The van der Waals surface area contributed by atoms with Crippen molar-refractivity contribution < 1.29 is 0 Å². The van der Waals surface area contributed by atoms with Crippen LogP contribution in [0.1, 0.15) is 24.8 Å². The van der Waals surface area contributed by atoms with Gasteiger partial charge in [-0.3, -0.25) is 4.90 Å². The van der Waals surface area contributed by atoms with Crippen LogP contribution in [-0.4, -0.2) is 28.6 Å². The molecule has 1 aromatic heterocycles. The maximum absolute atomic E-state index is 6.20. The van der Waals surface area contributed by atoms with E-state index in [0.717, 1.165) is 6.54 Å². The van der Waals surface area contributed by atoms with Gasteiger partial charge in [-0.15, -0.1) is 0 Å². The molecule has 1 aliphatic rings. The third-order valence-corrected chi connectivity index (χ3v) is 4.50. The smallest absolute Gasteiger partial charge is 0.0481 e. The molecule has 0 bridgehead atoms. The van der Waals surface area contributed by atoms with Gasteiger partial charge in [0.25, 0.3) is 0 Å². The average molecular weight is 257 g/mol. The summed E-state index contributed by atoms with van der Waals surface area (Å²) in [4.78, 5) is 2.43. The lowest BCUT2D eigenvalue weighted by molar-refractivity contribution is 0.221. The molecule has 1 fully saturated rings. The molecule has 0 spiro atoms. The summed E-state index contributed by atoms with van der Waals surface area (Å²) < 4.78 is 2.22. The second-order valence-electron chi connectivity index (χ2n) is 5.86. The molecule has 3 heteroatoms. The molecule has 0 aliphatic heterocycles. The van der Waals surface area contributed by atoms with E-state index in [9.17, 15) is 0 Å². The monoisotopic (exact) mass is 257 g/mol. The molecule has 102 valence electrons. The number of fused-ring (bicyclic) bond motifs is 1. The van der Waals surface area contributed by atoms with Crippen molar-refractivity contribution in [3.05, 3.63) is 36.0 Å². The van der Waals surface area contributed by atoms with E-state index in [1.807, 2.05) is 0 Å². The maximum Gasteiger partial charge on any atom is 0.0481 e. The van der Waals surface area contributed by atoms with E-state index < -0.39 is 0 Å². The summed E-state index contributed by atoms with van der Waals surface area (Å²) in [6, 6.07) is 9.50. The summed E-state index contributed by atoms with van der Waals surface area (Å²) in [6.07, 6.45) is 5.93. The minimum atomic E-state index is 0.347. The van der Waals surface area contributed by atoms with Crippen LogP contribution in [0.5, 0.6) is 0 Å². The third-order valence-electron chi connectivity index (χ3n) is 4.50. The molecule has 2 unspecified atom stereocenters. The third kappa shape index (κ3) is 2.28. The summed E-state index contributed by atoms with van der Waals surface area (Å²) in [7, 11) is 4.32. The van der Waals surface area contributed by atoms with Gasteiger partial charge in [-0.25, -0.2) is 0 Å². The van der Waals surface area contributed by atoms with Crippen LogP contribution >= 0.6 is 0 Å². The molecule has 0 radical (unpaired) electrons. The van der Waals surface area contributed by atoms with Crippen molar-refractivity contribution >= 4 is 10.9 Å². The molecule has 19 heavy (non-hydrogen) atoms. The zero-order valence-electron chi connectivity index (χ0n) is 11.8. The number of nitrogens with two attached hydrogens (primary N) is 1. The first-order chi connectivity index (χ1) is 9.16. The number of para-hydroxylation sites is 1. The molecule has 1 aliphatic carbocycles. The van der Waals surface area contributed by atoms with Crippen molar-refractivity contribution in [3.8, 4) is 0 Å². The number of benzene rings is 1. The predicted octanol–water partition coefficient (Wildman–Crippen LogP) is 2.49. The number of aryl methyl sites for hydroxylation is 1. The zero-order valence-corrected chi connectivity index (χ0v) is 11.8. The predicted molar refractivity (Wildman–Crippen MR) is 80.0 cm³/mol. The Morgan fingerprint density at radius 1 is 1.32 bits per heavy atom. The van der Waals surface area contributed by atoms with E-state index in [2.05, 4.69) is 54.0 Å². The van der Waals surface area contributed by atoms with Gasteiger partial charge < -0.3 is 10.3 Å². The highest BCUT2D eigenvalue weighted by Crippen LogP contribution is 2.26. The van der Waals surface area contributed by atoms with Gasteiger partial charge in [-0.1, -0.05) is 24.6 Å².